The van der Waals surface area contributed by atoms with Crippen molar-refractivity contribution in [1.82, 2.24) is 10.2 Å². The average molecular weight is 274 g/mol. The van der Waals surface area contributed by atoms with E-state index in [4.69, 9.17) is 4.74 Å². The van der Waals surface area contributed by atoms with E-state index in [1.54, 1.807) is 0 Å². The maximum Gasteiger partial charge on any atom is 0.124 e. The molecule has 2 atom stereocenters. The lowest BCUT2D eigenvalue weighted by atomic mass is 9.87. The zero-order valence-corrected chi connectivity index (χ0v) is 12.9. The summed E-state index contributed by atoms with van der Waals surface area (Å²) in [5, 5.41) is 3.53. The van der Waals surface area contributed by atoms with Crippen molar-refractivity contribution in [2.24, 2.45) is 0 Å². The smallest absolute Gasteiger partial charge is 0.124 e. The first-order valence-electron chi connectivity index (χ1n) is 7.77. The van der Waals surface area contributed by atoms with Crippen LogP contribution < -0.4 is 10.1 Å². The summed E-state index contributed by atoms with van der Waals surface area (Å²) < 4.78 is 6.14. The molecule has 0 aliphatic carbocycles. The first kappa shape index (κ1) is 13.9. The second-order valence-corrected chi connectivity index (χ2v) is 6.79. The van der Waals surface area contributed by atoms with Crippen LogP contribution >= 0.6 is 0 Å². The fourth-order valence-electron chi connectivity index (χ4n) is 3.56. The monoisotopic (exact) mass is 274 g/mol. The summed E-state index contributed by atoms with van der Waals surface area (Å²) in [6, 6.07) is 9.62. The van der Waals surface area contributed by atoms with E-state index in [1.807, 2.05) is 0 Å². The number of likely N-dealkylation sites (N-methyl/N-ethyl adjacent to an activating group) is 1. The molecular weight excluding hydrogens is 248 g/mol. The second-order valence-electron chi connectivity index (χ2n) is 6.79. The number of nitrogens with one attached hydrogen (secondary N) is 1. The highest BCUT2D eigenvalue weighted by Crippen LogP contribution is 2.42. The van der Waals surface area contributed by atoms with Crippen LogP contribution in [0.3, 0.4) is 0 Å². The van der Waals surface area contributed by atoms with Gasteiger partial charge in [-0.05, 0) is 46.3 Å². The molecule has 1 aromatic rings. The lowest BCUT2D eigenvalue weighted by Gasteiger charge is -2.44. The molecule has 1 N–H and O–H groups in total. The summed E-state index contributed by atoms with van der Waals surface area (Å²) in [5.74, 6) is 1.06. The highest BCUT2D eigenvalue weighted by Gasteiger charge is 2.37. The Labute approximate surface area is 122 Å². The third-order valence-electron chi connectivity index (χ3n) is 4.69. The van der Waals surface area contributed by atoms with Crippen LogP contribution in [0.5, 0.6) is 5.75 Å². The second kappa shape index (κ2) is 5.38. The van der Waals surface area contributed by atoms with Crippen molar-refractivity contribution in [2.45, 2.75) is 50.8 Å². The van der Waals surface area contributed by atoms with Crippen LogP contribution in [0.4, 0.5) is 0 Å². The van der Waals surface area contributed by atoms with Crippen LogP contribution in [0.2, 0.25) is 0 Å². The molecule has 2 aliphatic heterocycles. The lowest BCUT2D eigenvalue weighted by Crippen LogP contribution is -2.48. The van der Waals surface area contributed by atoms with Gasteiger partial charge in [-0.2, -0.15) is 0 Å². The molecule has 0 spiro atoms. The lowest BCUT2D eigenvalue weighted by molar-refractivity contribution is 0.0212. The van der Waals surface area contributed by atoms with E-state index >= 15 is 0 Å². The number of piperidine rings is 1. The van der Waals surface area contributed by atoms with Gasteiger partial charge in [0.05, 0.1) is 0 Å². The summed E-state index contributed by atoms with van der Waals surface area (Å²) in [7, 11) is 2.28. The van der Waals surface area contributed by atoms with E-state index in [1.165, 1.54) is 24.9 Å². The van der Waals surface area contributed by atoms with Crippen molar-refractivity contribution in [3.8, 4) is 5.75 Å². The fourth-order valence-corrected chi connectivity index (χ4v) is 3.56. The van der Waals surface area contributed by atoms with Crippen LogP contribution in [0.25, 0.3) is 0 Å². The number of nitrogens with zero attached hydrogens (tertiary/aromatic N) is 1. The van der Waals surface area contributed by atoms with Crippen LogP contribution in [0.1, 0.15) is 44.7 Å². The van der Waals surface area contributed by atoms with Crippen molar-refractivity contribution >= 4 is 0 Å². The van der Waals surface area contributed by atoms with Gasteiger partial charge in [-0.3, -0.25) is 4.90 Å². The van der Waals surface area contributed by atoms with Crippen molar-refractivity contribution in [3.05, 3.63) is 29.8 Å². The highest BCUT2D eigenvalue weighted by molar-refractivity contribution is 5.38. The van der Waals surface area contributed by atoms with Gasteiger partial charge in [0, 0.05) is 30.6 Å². The third-order valence-corrected chi connectivity index (χ3v) is 4.69. The topological polar surface area (TPSA) is 24.5 Å². The van der Waals surface area contributed by atoms with E-state index in [-0.39, 0.29) is 5.60 Å². The van der Waals surface area contributed by atoms with E-state index < -0.39 is 0 Å². The van der Waals surface area contributed by atoms with Crippen LogP contribution in [0.15, 0.2) is 24.3 Å². The Hall–Kier alpha value is -1.06. The van der Waals surface area contributed by atoms with Gasteiger partial charge < -0.3 is 10.1 Å². The summed E-state index contributed by atoms with van der Waals surface area (Å²) >= 11 is 0. The molecule has 0 amide bonds. The maximum atomic E-state index is 6.14. The predicted octanol–water partition coefficient (Wildman–Crippen LogP) is 2.97. The summed E-state index contributed by atoms with van der Waals surface area (Å²) in [4.78, 5) is 2.56. The number of hydrogen-bond donors (Lipinski definition) is 1. The van der Waals surface area contributed by atoms with E-state index in [9.17, 15) is 0 Å². The molecule has 110 valence electrons. The molecule has 3 heteroatoms. The van der Waals surface area contributed by atoms with E-state index in [2.05, 4.69) is 55.4 Å². The number of para-hydroxylation sites is 1. The summed E-state index contributed by atoms with van der Waals surface area (Å²) in [6.07, 6.45) is 3.63. The van der Waals surface area contributed by atoms with Crippen molar-refractivity contribution < 1.29 is 4.74 Å². The molecule has 2 heterocycles. The van der Waals surface area contributed by atoms with Crippen LogP contribution in [0, 0.1) is 0 Å². The normalized spacial score (nSPS) is 28.8. The van der Waals surface area contributed by atoms with Gasteiger partial charge in [-0.25, -0.2) is 0 Å². The minimum Gasteiger partial charge on any atom is -0.487 e. The largest absolute Gasteiger partial charge is 0.487 e. The SMILES string of the molecule is CN(C1CCCNC1)C1CC(C)(C)Oc2ccccc21. The zero-order chi connectivity index (χ0) is 14.2. The minimum absolute atomic E-state index is 0.0879. The molecule has 0 radical (unpaired) electrons. The summed E-state index contributed by atoms with van der Waals surface area (Å²) in [6.45, 7) is 6.67. The van der Waals surface area contributed by atoms with Gasteiger partial charge >= 0.3 is 0 Å². The number of hydrogen-bond acceptors (Lipinski definition) is 3. The van der Waals surface area contributed by atoms with Crippen LogP contribution in [-0.4, -0.2) is 36.7 Å². The molecule has 2 unspecified atom stereocenters. The van der Waals surface area contributed by atoms with Gasteiger partial charge in [-0.15, -0.1) is 0 Å². The Bertz CT molecular complexity index is 466. The Morgan fingerprint density at radius 2 is 2.10 bits per heavy atom. The fraction of sp³-hybridized carbons (Fsp3) is 0.647. The number of fused-ring (bicyclic) bond motifs is 1. The molecule has 1 saturated heterocycles. The first-order valence-corrected chi connectivity index (χ1v) is 7.77. The first-order chi connectivity index (χ1) is 9.57. The van der Waals surface area contributed by atoms with Crippen LogP contribution in [-0.2, 0) is 0 Å². The number of ether oxygens (including phenoxy) is 1. The predicted molar refractivity (Wildman–Crippen MR) is 82.2 cm³/mol. The quantitative estimate of drug-likeness (QED) is 0.897. The Morgan fingerprint density at radius 3 is 2.85 bits per heavy atom. The molecule has 0 bridgehead atoms. The Balaban J connectivity index is 1.87. The summed E-state index contributed by atoms with van der Waals surface area (Å²) in [5.41, 5.74) is 1.26. The molecule has 20 heavy (non-hydrogen) atoms. The van der Waals surface area contributed by atoms with Gasteiger partial charge in [0.25, 0.3) is 0 Å². The van der Waals surface area contributed by atoms with E-state index in [0.717, 1.165) is 18.7 Å². The van der Waals surface area contributed by atoms with Crippen molar-refractivity contribution in [1.29, 1.82) is 0 Å². The molecule has 3 rings (SSSR count). The number of benzene rings is 1. The van der Waals surface area contributed by atoms with Gasteiger partial charge in [0.2, 0.25) is 0 Å². The standard InChI is InChI=1S/C17H26N2O/c1-17(2)11-15(14-8-4-5-9-16(14)20-17)19(3)13-7-6-10-18-12-13/h4-5,8-9,13,15,18H,6-7,10-12H2,1-3H3. The Kier molecular flexibility index (Phi) is 3.74. The third kappa shape index (κ3) is 2.70. The molecule has 0 aromatic heterocycles. The molecule has 2 aliphatic rings. The van der Waals surface area contributed by atoms with Crippen molar-refractivity contribution in [2.75, 3.05) is 20.1 Å². The van der Waals surface area contributed by atoms with Gasteiger partial charge in [0.15, 0.2) is 0 Å². The molecular formula is C17H26N2O. The van der Waals surface area contributed by atoms with E-state index in [0.29, 0.717) is 12.1 Å². The molecule has 1 fully saturated rings. The molecule has 1 aromatic carbocycles. The average Bonchev–Trinajstić information content (AvgIpc) is 2.45. The molecule has 3 nitrogen and oxygen atoms in total. The van der Waals surface area contributed by atoms with Gasteiger partial charge in [0.1, 0.15) is 11.4 Å². The Morgan fingerprint density at radius 1 is 1.30 bits per heavy atom. The molecule has 0 saturated carbocycles. The van der Waals surface area contributed by atoms with Gasteiger partial charge in [-0.1, -0.05) is 18.2 Å². The number of rotatable bonds is 2. The zero-order valence-electron chi connectivity index (χ0n) is 12.9. The van der Waals surface area contributed by atoms with Crippen molar-refractivity contribution in [3.63, 3.8) is 0 Å². The minimum atomic E-state index is -0.0879. The highest BCUT2D eigenvalue weighted by atomic mass is 16.5. The maximum absolute atomic E-state index is 6.14.